The molecule has 0 aromatic heterocycles. The van der Waals surface area contributed by atoms with Crippen LogP contribution in [0.3, 0.4) is 0 Å². The van der Waals surface area contributed by atoms with E-state index in [1.807, 2.05) is 0 Å². The molecule has 4 nitrogen and oxygen atoms in total. The van der Waals surface area contributed by atoms with E-state index in [-0.39, 0.29) is 11.3 Å². The van der Waals surface area contributed by atoms with E-state index in [2.05, 4.69) is 0 Å². The Morgan fingerprint density at radius 2 is 1.86 bits per heavy atom. The summed E-state index contributed by atoms with van der Waals surface area (Å²) in [6.45, 7) is 1.35. The fraction of sp³-hybridized carbons (Fsp3) is 0.125. The highest BCUT2D eigenvalue weighted by Crippen LogP contribution is 2.20. The average Bonchev–Trinajstić information content (AvgIpc) is 2.45. The van der Waals surface area contributed by atoms with Gasteiger partial charge in [0.25, 0.3) is 0 Å². The number of Topliss-reactive ketones (excluding diaryl/α,β-unsaturated/α-hetero) is 1. The third kappa shape index (κ3) is 3.61. The average molecular weight is 305 g/mol. The lowest BCUT2D eigenvalue weighted by atomic mass is 10.1. The molecule has 0 bridgehead atoms. The summed E-state index contributed by atoms with van der Waals surface area (Å²) in [4.78, 5) is 23.7. The minimum Gasteiger partial charge on any atom is -0.507 e. The number of aryl methyl sites for hydroxylation is 1. The number of hydrogen-bond donors (Lipinski definition) is 1. The van der Waals surface area contributed by atoms with Gasteiger partial charge in [-0.2, -0.15) is 0 Å². The van der Waals surface area contributed by atoms with Gasteiger partial charge >= 0.3 is 5.97 Å². The second-order valence-electron chi connectivity index (χ2n) is 4.50. The molecule has 0 unspecified atom stereocenters. The number of carbonyl (C=O) groups is 2. The van der Waals surface area contributed by atoms with E-state index >= 15 is 0 Å². The Labute approximate surface area is 126 Å². The van der Waals surface area contributed by atoms with Crippen LogP contribution in [0.1, 0.15) is 26.3 Å². The molecule has 2 aromatic rings. The first-order valence-electron chi connectivity index (χ1n) is 6.23. The normalized spacial score (nSPS) is 10.2. The fourth-order valence-electron chi connectivity index (χ4n) is 1.79. The molecule has 0 amide bonds. The predicted molar refractivity (Wildman–Crippen MR) is 78.9 cm³/mol. The Hall–Kier alpha value is -2.33. The van der Waals surface area contributed by atoms with Crippen LogP contribution in [-0.2, 0) is 4.74 Å². The summed E-state index contributed by atoms with van der Waals surface area (Å²) in [5, 5.41) is 9.98. The smallest absolute Gasteiger partial charge is 0.342 e. The van der Waals surface area contributed by atoms with Gasteiger partial charge in [0, 0.05) is 5.56 Å². The summed E-state index contributed by atoms with van der Waals surface area (Å²) < 4.78 is 4.91. The summed E-state index contributed by atoms with van der Waals surface area (Å²) in [6.07, 6.45) is 0. The van der Waals surface area contributed by atoms with E-state index in [4.69, 9.17) is 16.3 Å². The lowest BCUT2D eigenvalue weighted by Gasteiger charge is -2.07. The van der Waals surface area contributed by atoms with Crippen molar-refractivity contribution in [2.45, 2.75) is 6.92 Å². The number of ether oxygens (including phenoxy) is 1. The van der Waals surface area contributed by atoms with Gasteiger partial charge < -0.3 is 9.84 Å². The van der Waals surface area contributed by atoms with Crippen molar-refractivity contribution in [3.05, 3.63) is 64.2 Å². The number of hydrogen-bond acceptors (Lipinski definition) is 4. The zero-order chi connectivity index (χ0) is 15.4. The first kappa shape index (κ1) is 15.1. The van der Waals surface area contributed by atoms with E-state index in [0.717, 1.165) is 5.56 Å². The van der Waals surface area contributed by atoms with Gasteiger partial charge in [0.2, 0.25) is 5.78 Å². The number of benzene rings is 2. The molecule has 2 rings (SSSR count). The maximum absolute atomic E-state index is 11.9. The van der Waals surface area contributed by atoms with Gasteiger partial charge in [-0.05, 0) is 36.8 Å². The number of aromatic hydroxyl groups is 1. The predicted octanol–water partition coefficient (Wildman–Crippen LogP) is 3.39. The molecule has 2 aromatic carbocycles. The molecule has 0 aliphatic heterocycles. The molecule has 0 saturated heterocycles. The number of rotatable bonds is 4. The first-order chi connectivity index (χ1) is 9.99. The summed E-state index contributed by atoms with van der Waals surface area (Å²) in [5.41, 5.74) is 1.13. The summed E-state index contributed by atoms with van der Waals surface area (Å²) in [7, 11) is 0. The Bertz CT molecular complexity index is 694. The molecular weight excluding hydrogens is 292 g/mol. The molecule has 5 heteroatoms. The molecule has 108 valence electrons. The second-order valence-corrected chi connectivity index (χ2v) is 4.91. The van der Waals surface area contributed by atoms with E-state index < -0.39 is 18.4 Å². The van der Waals surface area contributed by atoms with Gasteiger partial charge in [0.05, 0.1) is 5.02 Å². The van der Waals surface area contributed by atoms with Gasteiger partial charge in [-0.1, -0.05) is 29.8 Å². The minimum atomic E-state index is -0.757. The standard InChI is InChI=1S/C16H13ClO4/c1-10-6-7-12(14(18)8-10)16(20)21-9-15(19)11-4-2-3-5-13(11)17/h2-8,18H,9H2,1H3. The van der Waals surface area contributed by atoms with Crippen LogP contribution >= 0.6 is 11.6 Å². The van der Waals surface area contributed by atoms with Crippen LogP contribution in [0.5, 0.6) is 5.75 Å². The topological polar surface area (TPSA) is 63.6 Å². The van der Waals surface area contributed by atoms with Crippen molar-refractivity contribution in [3.63, 3.8) is 0 Å². The second kappa shape index (κ2) is 6.41. The van der Waals surface area contributed by atoms with Crippen LogP contribution in [0.4, 0.5) is 0 Å². The van der Waals surface area contributed by atoms with Crippen LogP contribution in [0, 0.1) is 6.92 Å². The quantitative estimate of drug-likeness (QED) is 0.694. The molecule has 21 heavy (non-hydrogen) atoms. The molecule has 0 fully saturated rings. The van der Waals surface area contributed by atoms with Crippen molar-refractivity contribution >= 4 is 23.4 Å². The number of esters is 1. The third-order valence-electron chi connectivity index (χ3n) is 2.88. The summed E-state index contributed by atoms with van der Waals surface area (Å²) in [5.74, 6) is -1.33. The highest BCUT2D eigenvalue weighted by molar-refractivity contribution is 6.34. The van der Waals surface area contributed by atoms with E-state index in [9.17, 15) is 14.7 Å². The van der Waals surface area contributed by atoms with Crippen LogP contribution in [-0.4, -0.2) is 23.5 Å². The lowest BCUT2D eigenvalue weighted by Crippen LogP contribution is -2.14. The van der Waals surface area contributed by atoms with E-state index in [0.29, 0.717) is 10.6 Å². The van der Waals surface area contributed by atoms with Gasteiger partial charge in [0.15, 0.2) is 6.61 Å². The van der Waals surface area contributed by atoms with Crippen LogP contribution < -0.4 is 0 Å². The SMILES string of the molecule is Cc1ccc(C(=O)OCC(=O)c2ccccc2Cl)c(O)c1. The van der Waals surface area contributed by atoms with Crippen LogP contribution in [0.25, 0.3) is 0 Å². The summed E-state index contributed by atoms with van der Waals surface area (Å²) >= 11 is 5.89. The summed E-state index contributed by atoms with van der Waals surface area (Å²) in [6, 6.07) is 11.1. The molecule has 1 N–H and O–H groups in total. The van der Waals surface area contributed by atoms with Gasteiger partial charge in [0.1, 0.15) is 11.3 Å². The Balaban J connectivity index is 2.04. The maximum atomic E-state index is 11.9. The molecule has 0 spiro atoms. The Morgan fingerprint density at radius 3 is 2.52 bits per heavy atom. The monoisotopic (exact) mass is 304 g/mol. The molecule has 0 aliphatic rings. The number of carbonyl (C=O) groups excluding carboxylic acids is 2. The van der Waals surface area contributed by atoms with Crippen LogP contribution in [0.15, 0.2) is 42.5 Å². The lowest BCUT2D eigenvalue weighted by molar-refractivity contribution is 0.0472. The molecule has 0 radical (unpaired) electrons. The third-order valence-corrected chi connectivity index (χ3v) is 3.21. The molecule has 0 atom stereocenters. The highest BCUT2D eigenvalue weighted by atomic mass is 35.5. The number of phenolic OH excluding ortho intramolecular Hbond substituents is 1. The number of halogens is 1. The van der Waals surface area contributed by atoms with E-state index in [1.165, 1.54) is 12.1 Å². The zero-order valence-electron chi connectivity index (χ0n) is 11.3. The Morgan fingerprint density at radius 1 is 1.14 bits per heavy atom. The van der Waals surface area contributed by atoms with Crippen molar-refractivity contribution in [2.24, 2.45) is 0 Å². The van der Waals surface area contributed by atoms with E-state index in [1.54, 1.807) is 37.3 Å². The highest BCUT2D eigenvalue weighted by Gasteiger charge is 2.16. The van der Waals surface area contributed by atoms with Crippen molar-refractivity contribution in [2.75, 3.05) is 6.61 Å². The molecule has 0 heterocycles. The van der Waals surface area contributed by atoms with Gasteiger partial charge in [-0.25, -0.2) is 4.79 Å². The molecule has 0 saturated carbocycles. The first-order valence-corrected chi connectivity index (χ1v) is 6.61. The largest absolute Gasteiger partial charge is 0.507 e. The Kier molecular flexibility index (Phi) is 4.60. The van der Waals surface area contributed by atoms with Gasteiger partial charge in [-0.3, -0.25) is 4.79 Å². The zero-order valence-corrected chi connectivity index (χ0v) is 12.1. The van der Waals surface area contributed by atoms with Crippen LogP contribution in [0.2, 0.25) is 5.02 Å². The van der Waals surface area contributed by atoms with Crippen molar-refractivity contribution in [1.82, 2.24) is 0 Å². The number of ketones is 1. The maximum Gasteiger partial charge on any atom is 0.342 e. The fourth-order valence-corrected chi connectivity index (χ4v) is 2.03. The molecular formula is C16H13ClO4. The molecule has 0 aliphatic carbocycles. The van der Waals surface area contributed by atoms with Gasteiger partial charge in [-0.15, -0.1) is 0 Å². The van der Waals surface area contributed by atoms with Crippen molar-refractivity contribution < 1.29 is 19.4 Å². The minimum absolute atomic E-state index is 0.0209. The van der Waals surface area contributed by atoms with Crippen molar-refractivity contribution in [3.8, 4) is 5.75 Å². The number of phenols is 1. The van der Waals surface area contributed by atoms with Crippen molar-refractivity contribution in [1.29, 1.82) is 0 Å².